The van der Waals surface area contributed by atoms with Crippen molar-refractivity contribution in [1.29, 1.82) is 0 Å². The van der Waals surface area contributed by atoms with Gasteiger partial charge in [-0.1, -0.05) is 13.8 Å². The second-order valence-electron chi connectivity index (χ2n) is 3.98. The van der Waals surface area contributed by atoms with Gasteiger partial charge in [0.05, 0.1) is 18.8 Å². The van der Waals surface area contributed by atoms with Gasteiger partial charge in [0.2, 0.25) is 5.91 Å². The molecule has 0 fully saturated rings. The van der Waals surface area contributed by atoms with Crippen LogP contribution < -0.4 is 11.1 Å². The third-order valence-electron chi connectivity index (χ3n) is 1.95. The van der Waals surface area contributed by atoms with Crippen molar-refractivity contribution in [3.05, 3.63) is 0 Å². The third kappa shape index (κ3) is 7.92. The smallest absolute Gasteiger partial charge is 0.234 e. The summed E-state index contributed by atoms with van der Waals surface area (Å²) in [6, 6.07) is -0.107. The van der Waals surface area contributed by atoms with Crippen LogP contribution in [-0.4, -0.2) is 52.4 Å². The number of hydrogen-bond donors (Lipinski definition) is 4. The summed E-state index contributed by atoms with van der Waals surface area (Å²) in [4.78, 5) is 11.1. The van der Waals surface area contributed by atoms with E-state index in [0.29, 0.717) is 12.2 Å². The molecule has 0 saturated heterocycles. The largest absolute Gasteiger partial charge is 0.394 e. The standard InChI is InChI=1S/C10H22N2O3S/c1-7(2)12-9(10(11)15)3-4-16-6-8(14)5-13/h7-9,12-14H,3-6H2,1-2H3,(H2,11,15). The quantitative estimate of drug-likeness (QED) is 0.406. The highest BCUT2D eigenvalue weighted by molar-refractivity contribution is 7.99. The van der Waals surface area contributed by atoms with E-state index >= 15 is 0 Å². The summed E-state index contributed by atoms with van der Waals surface area (Å²) >= 11 is 1.50. The topological polar surface area (TPSA) is 95.6 Å². The lowest BCUT2D eigenvalue weighted by Gasteiger charge is -2.18. The molecule has 5 N–H and O–H groups in total. The van der Waals surface area contributed by atoms with Crippen LogP contribution in [-0.2, 0) is 4.79 Å². The van der Waals surface area contributed by atoms with Gasteiger partial charge >= 0.3 is 0 Å². The summed E-state index contributed by atoms with van der Waals surface area (Å²) in [7, 11) is 0. The number of aliphatic hydroxyl groups excluding tert-OH is 2. The predicted molar refractivity (Wildman–Crippen MR) is 66.3 cm³/mol. The molecule has 1 amide bonds. The second kappa shape index (κ2) is 8.81. The molecule has 2 unspecified atom stereocenters. The molecule has 0 aromatic rings. The minimum atomic E-state index is -0.685. The van der Waals surface area contributed by atoms with E-state index in [1.165, 1.54) is 11.8 Å². The van der Waals surface area contributed by atoms with E-state index in [1.54, 1.807) is 0 Å². The monoisotopic (exact) mass is 250 g/mol. The summed E-state index contributed by atoms with van der Waals surface area (Å²) < 4.78 is 0. The molecule has 0 aromatic heterocycles. The maximum absolute atomic E-state index is 11.1. The molecular formula is C10H22N2O3S. The van der Waals surface area contributed by atoms with E-state index in [4.69, 9.17) is 15.9 Å². The van der Waals surface area contributed by atoms with E-state index in [1.807, 2.05) is 13.8 Å². The summed E-state index contributed by atoms with van der Waals surface area (Å²) in [6.07, 6.45) is -0.0499. The number of rotatable bonds is 9. The summed E-state index contributed by atoms with van der Waals surface area (Å²) in [5.74, 6) is 0.852. The molecule has 0 aliphatic rings. The van der Waals surface area contributed by atoms with Crippen LogP contribution in [0.4, 0.5) is 0 Å². The van der Waals surface area contributed by atoms with Crippen molar-refractivity contribution in [2.45, 2.75) is 38.5 Å². The highest BCUT2D eigenvalue weighted by atomic mass is 32.2. The van der Waals surface area contributed by atoms with Gasteiger partial charge in [-0.2, -0.15) is 11.8 Å². The first-order chi connectivity index (χ1) is 7.47. The zero-order valence-electron chi connectivity index (χ0n) is 9.85. The number of carbonyl (C=O) groups excluding carboxylic acids is 1. The van der Waals surface area contributed by atoms with Crippen molar-refractivity contribution in [3.63, 3.8) is 0 Å². The lowest BCUT2D eigenvalue weighted by Crippen LogP contribution is -2.44. The number of amides is 1. The molecule has 0 spiro atoms. The predicted octanol–water partition coefficient (Wildman–Crippen LogP) is -0.685. The van der Waals surface area contributed by atoms with Gasteiger partial charge in [-0.3, -0.25) is 4.79 Å². The van der Waals surface area contributed by atoms with Crippen molar-refractivity contribution in [1.82, 2.24) is 5.32 Å². The molecule has 5 nitrogen and oxygen atoms in total. The normalized spacial score (nSPS) is 15.1. The Morgan fingerprint density at radius 3 is 2.56 bits per heavy atom. The maximum atomic E-state index is 11.1. The van der Waals surface area contributed by atoms with Crippen molar-refractivity contribution in [2.75, 3.05) is 18.1 Å². The van der Waals surface area contributed by atoms with Crippen LogP contribution in [0.2, 0.25) is 0 Å². The fourth-order valence-corrected chi connectivity index (χ4v) is 2.13. The van der Waals surface area contributed by atoms with Gasteiger partial charge in [0.25, 0.3) is 0 Å². The molecule has 96 valence electrons. The highest BCUT2D eigenvalue weighted by Gasteiger charge is 2.15. The number of nitrogens with two attached hydrogens (primary N) is 1. The van der Waals surface area contributed by atoms with Crippen LogP contribution in [0, 0.1) is 0 Å². The number of thioether (sulfide) groups is 1. The van der Waals surface area contributed by atoms with Crippen LogP contribution in [0.25, 0.3) is 0 Å². The van der Waals surface area contributed by atoms with Crippen molar-refractivity contribution in [2.24, 2.45) is 5.73 Å². The Bertz CT molecular complexity index is 203. The van der Waals surface area contributed by atoms with E-state index < -0.39 is 6.10 Å². The molecule has 0 rings (SSSR count). The van der Waals surface area contributed by atoms with Crippen molar-refractivity contribution < 1.29 is 15.0 Å². The number of carbonyl (C=O) groups is 1. The number of aliphatic hydroxyl groups is 2. The minimum Gasteiger partial charge on any atom is -0.394 e. The zero-order valence-corrected chi connectivity index (χ0v) is 10.7. The Hall–Kier alpha value is -0.300. The van der Waals surface area contributed by atoms with Crippen LogP contribution in [0.5, 0.6) is 0 Å². The molecule has 0 bridgehead atoms. The summed E-state index contributed by atoms with van der Waals surface area (Å²) in [6.45, 7) is 3.69. The Labute approximate surface area is 101 Å². The summed E-state index contributed by atoms with van der Waals surface area (Å²) in [5, 5.41) is 20.8. The third-order valence-corrected chi connectivity index (χ3v) is 3.09. The molecule has 0 saturated carbocycles. The Morgan fingerprint density at radius 2 is 2.12 bits per heavy atom. The zero-order chi connectivity index (χ0) is 12.6. The first-order valence-corrected chi connectivity index (χ1v) is 6.54. The maximum Gasteiger partial charge on any atom is 0.234 e. The molecule has 0 radical (unpaired) electrons. The van der Waals surface area contributed by atoms with Crippen LogP contribution >= 0.6 is 11.8 Å². The SMILES string of the molecule is CC(C)NC(CCSCC(O)CO)C(N)=O. The van der Waals surface area contributed by atoms with Crippen LogP contribution in [0.15, 0.2) is 0 Å². The lowest BCUT2D eigenvalue weighted by molar-refractivity contribution is -0.120. The molecule has 0 aromatic carbocycles. The summed E-state index contributed by atoms with van der Waals surface area (Å²) in [5.41, 5.74) is 5.25. The number of hydrogen-bond acceptors (Lipinski definition) is 5. The first-order valence-electron chi connectivity index (χ1n) is 5.39. The van der Waals surface area contributed by atoms with Gasteiger partial charge in [-0.15, -0.1) is 0 Å². The van der Waals surface area contributed by atoms with E-state index in [-0.39, 0.29) is 24.6 Å². The van der Waals surface area contributed by atoms with Gasteiger partial charge < -0.3 is 21.3 Å². The molecule has 6 heteroatoms. The van der Waals surface area contributed by atoms with Gasteiger partial charge in [0.15, 0.2) is 0 Å². The Kier molecular flexibility index (Phi) is 8.64. The van der Waals surface area contributed by atoms with Gasteiger partial charge in [-0.05, 0) is 12.2 Å². The molecular weight excluding hydrogens is 228 g/mol. The average molecular weight is 250 g/mol. The molecule has 0 aliphatic carbocycles. The highest BCUT2D eigenvalue weighted by Crippen LogP contribution is 2.07. The second-order valence-corrected chi connectivity index (χ2v) is 5.13. The molecule has 0 heterocycles. The fourth-order valence-electron chi connectivity index (χ4n) is 1.18. The molecule has 0 aliphatic heterocycles. The Morgan fingerprint density at radius 1 is 1.50 bits per heavy atom. The van der Waals surface area contributed by atoms with E-state index in [2.05, 4.69) is 5.32 Å². The van der Waals surface area contributed by atoms with Crippen LogP contribution in [0.1, 0.15) is 20.3 Å². The first kappa shape index (κ1) is 15.7. The van der Waals surface area contributed by atoms with Crippen LogP contribution in [0.3, 0.4) is 0 Å². The lowest BCUT2D eigenvalue weighted by atomic mass is 10.2. The van der Waals surface area contributed by atoms with E-state index in [0.717, 1.165) is 5.75 Å². The van der Waals surface area contributed by atoms with Crippen molar-refractivity contribution >= 4 is 17.7 Å². The van der Waals surface area contributed by atoms with Gasteiger partial charge in [0.1, 0.15) is 0 Å². The van der Waals surface area contributed by atoms with Gasteiger partial charge in [-0.25, -0.2) is 0 Å². The van der Waals surface area contributed by atoms with Gasteiger partial charge in [0, 0.05) is 11.8 Å². The van der Waals surface area contributed by atoms with Crippen molar-refractivity contribution in [3.8, 4) is 0 Å². The number of nitrogens with one attached hydrogen (secondary N) is 1. The Balaban J connectivity index is 3.72. The minimum absolute atomic E-state index is 0.213. The molecule has 16 heavy (non-hydrogen) atoms. The number of primary amides is 1. The van der Waals surface area contributed by atoms with E-state index in [9.17, 15) is 4.79 Å². The average Bonchev–Trinajstić information content (AvgIpc) is 2.21. The fraction of sp³-hybridized carbons (Fsp3) is 0.900. The molecule has 2 atom stereocenters.